The number of allylic oxidation sites excluding steroid dienone is 1. The molecule has 1 fully saturated rings. The van der Waals surface area contributed by atoms with Crippen LogP contribution in [0.1, 0.15) is 1.43 Å². The number of aliphatic imine (C=N–C) groups is 2. The minimum absolute atomic E-state index is 0. The van der Waals surface area contributed by atoms with Crippen LogP contribution in [0.15, 0.2) is 34.8 Å². The molecule has 0 aromatic carbocycles. The van der Waals surface area contributed by atoms with E-state index in [2.05, 4.69) is 38.4 Å². The van der Waals surface area contributed by atoms with Crippen molar-refractivity contribution in [3.05, 3.63) is 24.8 Å². The topological polar surface area (TPSA) is 79.3 Å². The van der Waals surface area contributed by atoms with E-state index in [1.165, 1.54) is 12.3 Å². The summed E-state index contributed by atoms with van der Waals surface area (Å²) in [6.45, 7) is 7.47. The summed E-state index contributed by atoms with van der Waals surface area (Å²) in [6.07, 6.45) is 3.02. The molecule has 1 aromatic heterocycles. The van der Waals surface area contributed by atoms with Gasteiger partial charge in [-0.3, -0.25) is 0 Å². The van der Waals surface area contributed by atoms with E-state index < -0.39 is 0 Å². The van der Waals surface area contributed by atoms with Gasteiger partial charge in [-0.05, 0) is 19.2 Å². The first-order chi connectivity index (χ1) is 10.6. The number of nitrogens with zero attached hydrogens (tertiary/aromatic N) is 5. The Morgan fingerprint density at radius 2 is 2.14 bits per heavy atom. The number of likely N-dealkylation sites (N-methyl/N-ethyl adjacent to an activating group) is 1. The van der Waals surface area contributed by atoms with Crippen molar-refractivity contribution >= 4 is 23.7 Å². The lowest BCUT2D eigenvalue weighted by Crippen LogP contribution is -2.44. The number of hydrogen-bond donors (Lipinski definition) is 1. The Kier molecular flexibility index (Phi) is 5.48. The standard InChI is InChI=1S/C15H22N6O.H2/c1-4-7-17-15(16)19-13-6-5-12(14(18-13)22-3)21-10-8-20(2)9-11-21;/h4-7H,1,8-11H2,2-3H3,(H2,16,18,19);1H/b17-7+;. The molecule has 0 aliphatic carbocycles. The summed E-state index contributed by atoms with van der Waals surface area (Å²) < 4.78 is 5.40. The number of aromatic nitrogens is 1. The number of hydrogen-bond acceptors (Lipinski definition) is 5. The van der Waals surface area contributed by atoms with Gasteiger partial charge in [0.25, 0.3) is 0 Å². The van der Waals surface area contributed by atoms with E-state index in [1.54, 1.807) is 7.11 Å². The van der Waals surface area contributed by atoms with Crippen molar-refractivity contribution in [2.24, 2.45) is 15.7 Å². The summed E-state index contributed by atoms with van der Waals surface area (Å²) >= 11 is 0. The quantitative estimate of drug-likeness (QED) is 0.670. The number of guanidine groups is 1. The molecule has 0 atom stereocenters. The van der Waals surface area contributed by atoms with Crippen LogP contribution < -0.4 is 15.4 Å². The number of methoxy groups -OCH3 is 1. The molecule has 1 aliphatic heterocycles. The average Bonchev–Trinajstić information content (AvgIpc) is 2.53. The largest absolute Gasteiger partial charge is 0.479 e. The average molecular weight is 304 g/mol. The van der Waals surface area contributed by atoms with Crippen molar-refractivity contribution in [3.63, 3.8) is 0 Å². The summed E-state index contributed by atoms with van der Waals surface area (Å²) in [6, 6.07) is 3.77. The summed E-state index contributed by atoms with van der Waals surface area (Å²) in [5.74, 6) is 1.14. The van der Waals surface area contributed by atoms with E-state index in [0.29, 0.717) is 11.7 Å². The molecule has 2 N–H and O–H groups in total. The van der Waals surface area contributed by atoms with Gasteiger partial charge in [0.05, 0.1) is 7.11 Å². The van der Waals surface area contributed by atoms with E-state index in [1.807, 2.05) is 12.1 Å². The van der Waals surface area contributed by atoms with Crippen molar-refractivity contribution in [2.45, 2.75) is 0 Å². The predicted octanol–water partition coefficient (Wildman–Crippen LogP) is 1.29. The lowest BCUT2D eigenvalue weighted by Gasteiger charge is -2.34. The molecule has 2 heterocycles. The van der Waals surface area contributed by atoms with Crippen LogP contribution in [0.2, 0.25) is 0 Å². The van der Waals surface area contributed by atoms with Crippen LogP contribution in [0.3, 0.4) is 0 Å². The SMILES string of the molecule is C=C/C=N/C(N)=Nc1ccc(N2CCN(C)CC2)c(OC)n1.[HH]. The van der Waals surface area contributed by atoms with Gasteiger partial charge in [0, 0.05) is 33.8 Å². The third-order valence-electron chi connectivity index (χ3n) is 3.40. The number of rotatable bonds is 4. The molecule has 1 aliphatic rings. The van der Waals surface area contributed by atoms with Gasteiger partial charge < -0.3 is 20.3 Å². The van der Waals surface area contributed by atoms with Gasteiger partial charge in [-0.2, -0.15) is 9.98 Å². The molecule has 0 radical (unpaired) electrons. The first-order valence-corrected chi connectivity index (χ1v) is 7.12. The van der Waals surface area contributed by atoms with Crippen LogP contribution >= 0.6 is 0 Å². The summed E-state index contributed by atoms with van der Waals surface area (Å²) in [5, 5.41) is 0. The highest BCUT2D eigenvalue weighted by atomic mass is 16.5. The molecule has 0 spiro atoms. The van der Waals surface area contributed by atoms with Crippen LogP contribution in [-0.2, 0) is 0 Å². The number of ether oxygens (including phenoxy) is 1. The minimum Gasteiger partial charge on any atom is -0.479 e. The summed E-state index contributed by atoms with van der Waals surface area (Å²) in [7, 11) is 3.73. The van der Waals surface area contributed by atoms with Crippen LogP contribution in [0.4, 0.5) is 11.5 Å². The molecule has 0 bridgehead atoms. The number of nitrogens with two attached hydrogens (primary N) is 1. The third-order valence-corrected chi connectivity index (χ3v) is 3.40. The first kappa shape index (κ1) is 16.0. The second kappa shape index (κ2) is 7.56. The van der Waals surface area contributed by atoms with Crippen molar-refractivity contribution in [1.82, 2.24) is 9.88 Å². The van der Waals surface area contributed by atoms with Gasteiger partial charge in [0.15, 0.2) is 5.82 Å². The number of pyridine rings is 1. The summed E-state index contributed by atoms with van der Waals surface area (Å²) in [5.41, 5.74) is 6.66. The Labute approximate surface area is 132 Å². The molecule has 1 aromatic rings. The molecule has 2 rings (SSSR count). The van der Waals surface area contributed by atoms with Gasteiger partial charge in [0.2, 0.25) is 11.8 Å². The van der Waals surface area contributed by atoms with E-state index in [9.17, 15) is 0 Å². The van der Waals surface area contributed by atoms with Crippen LogP contribution in [-0.4, -0.2) is 62.4 Å². The molecule has 0 saturated carbocycles. The second-order valence-corrected chi connectivity index (χ2v) is 4.97. The Hall–Kier alpha value is -2.41. The molecule has 0 amide bonds. The monoisotopic (exact) mass is 304 g/mol. The van der Waals surface area contributed by atoms with Gasteiger partial charge in [-0.15, -0.1) is 0 Å². The second-order valence-electron chi connectivity index (χ2n) is 4.97. The van der Waals surface area contributed by atoms with Crippen molar-refractivity contribution in [3.8, 4) is 5.88 Å². The van der Waals surface area contributed by atoms with Gasteiger partial charge in [-0.1, -0.05) is 12.7 Å². The molecular weight excluding hydrogens is 280 g/mol. The fraction of sp³-hybridized carbons (Fsp3) is 0.400. The maximum Gasteiger partial charge on any atom is 0.239 e. The molecule has 120 valence electrons. The summed E-state index contributed by atoms with van der Waals surface area (Å²) in [4.78, 5) is 17.0. The Bertz CT molecular complexity index is 581. The van der Waals surface area contributed by atoms with Crippen molar-refractivity contribution in [1.29, 1.82) is 0 Å². The zero-order valence-corrected chi connectivity index (χ0v) is 13.1. The smallest absolute Gasteiger partial charge is 0.239 e. The molecule has 22 heavy (non-hydrogen) atoms. The zero-order chi connectivity index (χ0) is 15.9. The molecule has 1 saturated heterocycles. The maximum atomic E-state index is 5.69. The predicted molar refractivity (Wildman–Crippen MR) is 92.6 cm³/mol. The molecule has 7 nitrogen and oxygen atoms in total. The highest BCUT2D eigenvalue weighted by Crippen LogP contribution is 2.29. The van der Waals surface area contributed by atoms with Crippen LogP contribution in [0.5, 0.6) is 5.88 Å². The van der Waals surface area contributed by atoms with Crippen LogP contribution in [0.25, 0.3) is 0 Å². The minimum atomic E-state index is 0. The highest BCUT2D eigenvalue weighted by molar-refractivity contribution is 5.90. The van der Waals surface area contributed by atoms with Gasteiger partial charge in [-0.25, -0.2) is 4.99 Å². The Balaban J connectivity index is 0.00000264. The lowest BCUT2D eigenvalue weighted by atomic mass is 10.2. The third kappa shape index (κ3) is 4.05. The number of anilines is 1. The van der Waals surface area contributed by atoms with E-state index in [4.69, 9.17) is 10.5 Å². The fourth-order valence-corrected chi connectivity index (χ4v) is 2.20. The first-order valence-electron chi connectivity index (χ1n) is 7.12. The van der Waals surface area contributed by atoms with Crippen LogP contribution in [0, 0.1) is 0 Å². The maximum absolute atomic E-state index is 5.69. The van der Waals surface area contributed by atoms with Gasteiger partial charge >= 0.3 is 0 Å². The van der Waals surface area contributed by atoms with E-state index in [-0.39, 0.29) is 7.39 Å². The normalized spacial score (nSPS) is 17.0. The van der Waals surface area contributed by atoms with Crippen molar-refractivity contribution in [2.75, 3.05) is 45.2 Å². The van der Waals surface area contributed by atoms with Crippen molar-refractivity contribution < 1.29 is 6.16 Å². The fourth-order valence-electron chi connectivity index (χ4n) is 2.20. The van der Waals surface area contributed by atoms with Gasteiger partial charge in [0.1, 0.15) is 5.69 Å². The van der Waals surface area contributed by atoms with E-state index >= 15 is 0 Å². The lowest BCUT2D eigenvalue weighted by molar-refractivity contribution is 0.310. The Morgan fingerprint density at radius 3 is 2.77 bits per heavy atom. The number of piperazine rings is 1. The highest BCUT2D eigenvalue weighted by Gasteiger charge is 2.18. The van der Waals surface area contributed by atoms with E-state index in [0.717, 1.165) is 31.9 Å². The Morgan fingerprint density at radius 1 is 1.41 bits per heavy atom. The molecule has 7 heteroatoms. The zero-order valence-electron chi connectivity index (χ0n) is 13.1. The molecular formula is C15H24N6O. The molecule has 0 unspecified atom stereocenters.